The number of aldehydes is 1. The zero-order chi connectivity index (χ0) is 14.5. The predicted molar refractivity (Wildman–Crippen MR) is 77.4 cm³/mol. The second-order valence-corrected chi connectivity index (χ2v) is 6.17. The Labute approximate surface area is 123 Å². The Kier molecular flexibility index (Phi) is 5.23. The summed E-state index contributed by atoms with van der Waals surface area (Å²) in [5.41, 5.74) is 0. The van der Waals surface area contributed by atoms with Crippen molar-refractivity contribution in [3.8, 4) is 11.8 Å². The van der Waals surface area contributed by atoms with Gasteiger partial charge in [0, 0.05) is 0 Å². The lowest BCUT2D eigenvalue weighted by Gasteiger charge is -2.21. The van der Waals surface area contributed by atoms with Crippen LogP contribution in [0, 0.1) is 11.8 Å². The Morgan fingerprint density at radius 2 is 1.95 bits per heavy atom. The van der Waals surface area contributed by atoms with Crippen LogP contribution >= 0.6 is 11.8 Å². The minimum atomic E-state index is -0.107. The van der Waals surface area contributed by atoms with E-state index in [2.05, 4.69) is 16.9 Å². The molecule has 1 aliphatic rings. The van der Waals surface area contributed by atoms with E-state index in [1.807, 2.05) is 0 Å². The number of carbonyl (C=O) groups is 1. The van der Waals surface area contributed by atoms with Crippen molar-refractivity contribution in [1.82, 2.24) is 9.97 Å². The highest BCUT2D eigenvalue weighted by atomic mass is 32.2. The summed E-state index contributed by atoms with van der Waals surface area (Å²) in [6.07, 6.45) is 4.50. The number of aromatic nitrogens is 2. The van der Waals surface area contributed by atoms with Crippen LogP contribution in [-0.4, -0.2) is 35.7 Å². The molecule has 0 spiro atoms. The molecule has 0 N–H and O–H groups in total. The molecule has 1 aromatic rings. The van der Waals surface area contributed by atoms with E-state index in [-0.39, 0.29) is 5.25 Å². The largest absolute Gasteiger partial charge is 0.481 e. The quantitative estimate of drug-likeness (QED) is 0.457. The zero-order valence-electron chi connectivity index (χ0n) is 12.0. The minimum Gasteiger partial charge on any atom is -0.481 e. The van der Waals surface area contributed by atoms with Crippen molar-refractivity contribution in [3.63, 3.8) is 0 Å². The first-order chi connectivity index (χ1) is 9.67. The molecule has 0 radical (unpaired) electrons. The molecule has 1 aliphatic carbocycles. The van der Waals surface area contributed by atoms with Crippen LogP contribution in [0.5, 0.6) is 11.8 Å². The number of thioether (sulfide) groups is 1. The molecule has 0 bridgehead atoms. The molecule has 2 rings (SSSR count). The summed E-state index contributed by atoms with van der Waals surface area (Å²) in [5.74, 6) is 1.87. The highest BCUT2D eigenvalue weighted by Gasteiger charge is 2.32. The fraction of sp³-hybridized carbons (Fsp3) is 0.643. The van der Waals surface area contributed by atoms with Crippen LogP contribution in [-0.2, 0) is 4.79 Å². The van der Waals surface area contributed by atoms with Crippen LogP contribution < -0.4 is 9.47 Å². The highest BCUT2D eigenvalue weighted by molar-refractivity contribution is 8.00. The van der Waals surface area contributed by atoms with Crippen LogP contribution in [0.25, 0.3) is 0 Å². The highest BCUT2D eigenvalue weighted by Crippen LogP contribution is 2.39. The Bertz CT molecular complexity index is 447. The summed E-state index contributed by atoms with van der Waals surface area (Å²) in [6, 6.07) is 1.62. The van der Waals surface area contributed by atoms with Crippen LogP contribution in [0.2, 0.25) is 0 Å². The van der Waals surface area contributed by atoms with E-state index in [0.717, 1.165) is 12.7 Å². The standard InChI is InChI=1S/C14H20N2O3S/c1-9-5-4-6-10(9)11(8-17)20-14-15-12(18-2)7-13(16-14)19-3/h7-11H,4-6H2,1-3H3. The molecular formula is C14H20N2O3S. The second-order valence-electron chi connectivity index (χ2n) is 5.03. The van der Waals surface area contributed by atoms with Gasteiger partial charge < -0.3 is 14.3 Å². The molecule has 0 amide bonds. The molecule has 1 saturated carbocycles. The lowest BCUT2D eigenvalue weighted by atomic mass is 9.95. The fourth-order valence-corrected chi connectivity index (χ4v) is 3.81. The van der Waals surface area contributed by atoms with Gasteiger partial charge in [-0.2, -0.15) is 9.97 Å². The topological polar surface area (TPSA) is 61.3 Å². The number of methoxy groups -OCH3 is 2. The van der Waals surface area contributed by atoms with Gasteiger partial charge in [0.1, 0.15) is 6.29 Å². The van der Waals surface area contributed by atoms with E-state index >= 15 is 0 Å². The van der Waals surface area contributed by atoms with Crippen molar-refractivity contribution in [2.45, 2.75) is 36.6 Å². The molecule has 1 heterocycles. The van der Waals surface area contributed by atoms with E-state index in [0.29, 0.717) is 28.8 Å². The molecule has 3 atom stereocenters. The van der Waals surface area contributed by atoms with Gasteiger partial charge in [-0.05, 0) is 18.3 Å². The van der Waals surface area contributed by atoms with Gasteiger partial charge >= 0.3 is 0 Å². The molecule has 0 aliphatic heterocycles. The van der Waals surface area contributed by atoms with Crippen LogP contribution in [0.4, 0.5) is 0 Å². The lowest BCUT2D eigenvalue weighted by Crippen LogP contribution is -2.21. The number of rotatable bonds is 6. The maximum Gasteiger partial charge on any atom is 0.220 e. The minimum absolute atomic E-state index is 0.107. The van der Waals surface area contributed by atoms with Gasteiger partial charge in [-0.25, -0.2) is 0 Å². The number of carbonyl (C=O) groups excluding carboxylic acids is 1. The second kappa shape index (κ2) is 6.92. The molecule has 1 aromatic heterocycles. The number of ether oxygens (including phenoxy) is 2. The molecule has 0 saturated heterocycles. The van der Waals surface area contributed by atoms with Crippen molar-refractivity contribution in [2.75, 3.05) is 14.2 Å². The molecule has 3 unspecified atom stereocenters. The third-order valence-electron chi connectivity index (χ3n) is 3.80. The maximum atomic E-state index is 11.4. The summed E-state index contributed by atoms with van der Waals surface area (Å²) in [5, 5.41) is 0.418. The molecule has 5 nitrogen and oxygen atoms in total. The monoisotopic (exact) mass is 296 g/mol. The van der Waals surface area contributed by atoms with Crippen molar-refractivity contribution in [2.24, 2.45) is 11.8 Å². The summed E-state index contributed by atoms with van der Waals surface area (Å²) < 4.78 is 10.3. The number of nitrogens with zero attached hydrogens (tertiary/aromatic N) is 2. The SMILES string of the molecule is COc1cc(OC)nc(SC(C=O)C2CCCC2C)n1. The molecule has 6 heteroatoms. The van der Waals surface area contributed by atoms with Crippen molar-refractivity contribution in [3.05, 3.63) is 6.07 Å². The summed E-state index contributed by atoms with van der Waals surface area (Å²) in [6.45, 7) is 2.21. The van der Waals surface area contributed by atoms with E-state index in [4.69, 9.17) is 9.47 Å². The molecule has 1 fully saturated rings. The Morgan fingerprint density at radius 1 is 1.30 bits per heavy atom. The van der Waals surface area contributed by atoms with Gasteiger partial charge in [-0.1, -0.05) is 31.5 Å². The van der Waals surface area contributed by atoms with Gasteiger partial charge in [0.15, 0.2) is 5.16 Å². The van der Waals surface area contributed by atoms with E-state index in [9.17, 15) is 4.79 Å². The maximum absolute atomic E-state index is 11.4. The first kappa shape index (κ1) is 15.1. The van der Waals surface area contributed by atoms with Gasteiger partial charge in [-0.15, -0.1) is 0 Å². The fourth-order valence-electron chi connectivity index (χ4n) is 2.65. The number of hydrogen-bond acceptors (Lipinski definition) is 6. The molecule has 110 valence electrons. The Balaban J connectivity index is 2.16. The average Bonchev–Trinajstić information content (AvgIpc) is 2.90. The first-order valence-electron chi connectivity index (χ1n) is 6.77. The summed E-state index contributed by atoms with van der Waals surface area (Å²) in [7, 11) is 3.10. The lowest BCUT2D eigenvalue weighted by molar-refractivity contribution is -0.108. The van der Waals surface area contributed by atoms with Crippen molar-refractivity contribution < 1.29 is 14.3 Å². The van der Waals surface area contributed by atoms with Gasteiger partial charge in [0.2, 0.25) is 11.8 Å². The van der Waals surface area contributed by atoms with E-state index in [1.165, 1.54) is 24.6 Å². The smallest absolute Gasteiger partial charge is 0.220 e. The summed E-state index contributed by atoms with van der Waals surface area (Å²) in [4.78, 5) is 20.0. The zero-order valence-corrected chi connectivity index (χ0v) is 12.9. The third kappa shape index (κ3) is 3.42. The molecule has 20 heavy (non-hydrogen) atoms. The number of hydrogen-bond donors (Lipinski definition) is 0. The third-order valence-corrected chi connectivity index (χ3v) is 4.93. The Hall–Kier alpha value is -1.30. The molecule has 0 aromatic carbocycles. The Morgan fingerprint density at radius 3 is 2.40 bits per heavy atom. The average molecular weight is 296 g/mol. The van der Waals surface area contributed by atoms with E-state index in [1.54, 1.807) is 20.3 Å². The van der Waals surface area contributed by atoms with Gasteiger partial charge in [-0.3, -0.25) is 0 Å². The van der Waals surface area contributed by atoms with E-state index < -0.39 is 0 Å². The van der Waals surface area contributed by atoms with Crippen LogP contribution in [0.3, 0.4) is 0 Å². The van der Waals surface area contributed by atoms with Gasteiger partial charge in [0.05, 0.1) is 25.5 Å². The van der Waals surface area contributed by atoms with Crippen molar-refractivity contribution in [1.29, 1.82) is 0 Å². The first-order valence-corrected chi connectivity index (χ1v) is 7.65. The summed E-state index contributed by atoms with van der Waals surface area (Å²) >= 11 is 1.40. The van der Waals surface area contributed by atoms with Crippen LogP contribution in [0.15, 0.2) is 11.2 Å². The van der Waals surface area contributed by atoms with Gasteiger partial charge in [0.25, 0.3) is 0 Å². The predicted octanol–water partition coefficient (Wildman–Crippen LogP) is 2.59. The molecular weight excluding hydrogens is 276 g/mol. The van der Waals surface area contributed by atoms with Crippen molar-refractivity contribution >= 4 is 18.0 Å². The normalized spacial score (nSPS) is 23.4. The van der Waals surface area contributed by atoms with Crippen LogP contribution in [0.1, 0.15) is 26.2 Å².